The predicted octanol–water partition coefficient (Wildman–Crippen LogP) is 2.32. The maximum Gasteiger partial charge on any atom is 0.262 e. The van der Waals surface area contributed by atoms with E-state index in [2.05, 4.69) is 5.32 Å². The Bertz CT molecular complexity index is 609. The van der Waals surface area contributed by atoms with Gasteiger partial charge in [0.15, 0.2) is 0 Å². The van der Waals surface area contributed by atoms with Crippen molar-refractivity contribution >= 4 is 28.6 Å². The molecule has 0 radical (unpaired) electrons. The van der Waals surface area contributed by atoms with Crippen LogP contribution in [0.3, 0.4) is 0 Å². The zero-order chi connectivity index (χ0) is 13.9. The van der Waals surface area contributed by atoms with Crippen molar-refractivity contribution in [1.29, 1.82) is 5.26 Å². The molecule has 0 spiro atoms. The Hall–Kier alpha value is -1.68. The summed E-state index contributed by atoms with van der Waals surface area (Å²) in [6.07, 6.45) is 0. The van der Waals surface area contributed by atoms with Crippen molar-refractivity contribution in [2.24, 2.45) is 0 Å². The molecule has 2 N–H and O–H groups in total. The van der Waals surface area contributed by atoms with Gasteiger partial charge in [0.2, 0.25) is 0 Å². The van der Waals surface area contributed by atoms with Crippen LogP contribution in [0.5, 0.6) is 0 Å². The molecule has 2 aromatic heterocycles. The van der Waals surface area contributed by atoms with Crippen LogP contribution in [-0.2, 0) is 5.60 Å². The molecule has 98 valence electrons. The number of hydrogen-bond donors (Lipinski definition) is 2. The van der Waals surface area contributed by atoms with Gasteiger partial charge in [0.05, 0.1) is 12.1 Å². The first-order chi connectivity index (χ1) is 9.04. The molecule has 2 aromatic rings. The molecule has 19 heavy (non-hydrogen) atoms. The molecule has 0 saturated heterocycles. The van der Waals surface area contributed by atoms with Crippen LogP contribution in [0.1, 0.15) is 27.0 Å². The molecule has 0 aliphatic carbocycles. The highest BCUT2D eigenvalue weighted by atomic mass is 32.1. The van der Waals surface area contributed by atoms with Crippen molar-refractivity contribution in [2.75, 3.05) is 6.54 Å². The number of nitrogens with one attached hydrogen (secondary N) is 1. The molecule has 0 aliphatic rings. The SMILES string of the molecule is CC(O)(CNC(=O)c1sccc1C#N)c1cccs1. The summed E-state index contributed by atoms with van der Waals surface area (Å²) in [6.45, 7) is 1.76. The highest BCUT2D eigenvalue weighted by molar-refractivity contribution is 7.12. The molecule has 0 bridgehead atoms. The number of thiophene rings is 2. The number of nitriles is 1. The van der Waals surface area contributed by atoms with Gasteiger partial charge in [-0.15, -0.1) is 22.7 Å². The van der Waals surface area contributed by atoms with Gasteiger partial charge >= 0.3 is 0 Å². The molecule has 6 heteroatoms. The molecule has 0 fully saturated rings. The molecule has 0 aliphatic heterocycles. The lowest BCUT2D eigenvalue weighted by Gasteiger charge is -2.22. The Labute approximate surface area is 118 Å². The fraction of sp³-hybridized carbons (Fsp3) is 0.231. The van der Waals surface area contributed by atoms with E-state index in [0.29, 0.717) is 10.4 Å². The molecule has 2 rings (SSSR count). The van der Waals surface area contributed by atoms with Gasteiger partial charge in [-0.2, -0.15) is 5.26 Å². The normalized spacial score (nSPS) is 13.5. The minimum Gasteiger partial charge on any atom is -0.383 e. The van der Waals surface area contributed by atoms with Crippen LogP contribution in [0.2, 0.25) is 0 Å². The molecule has 1 unspecified atom stereocenters. The second-order valence-corrected chi connectivity index (χ2v) is 6.07. The summed E-state index contributed by atoms with van der Waals surface area (Å²) >= 11 is 2.65. The van der Waals surface area contributed by atoms with Gasteiger partial charge in [-0.05, 0) is 29.8 Å². The zero-order valence-corrected chi connectivity index (χ0v) is 11.8. The molecule has 2 heterocycles. The number of aliphatic hydroxyl groups is 1. The summed E-state index contributed by atoms with van der Waals surface area (Å²) in [7, 11) is 0. The first-order valence-electron chi connectivity index (χ1n) is 5.57. The zero-order valence-electron chi connectivity index (χ0n) is 10.2. The van der Waals surface area contributed by atoms with Crippen molar-refractivity contribution in [3.05, 3.63) is 44.3 Å². The van der Waals surface area contributed by atoms with Crippen LogP contribution >= 0.6 is 22.7 Å². The van der Waals surface area contributed by atoms with Crippen molar-refractivity contribution in [1.82, 2.24) is 5.32 Å². The van der Waals surface area contributed by atoms with Gasteiger partial charge < -0.3 is 10.4 Å². The molecule has 1 amide bonds. The van der Waals surface area contributed by atoms with E-state index < -0.39 is 5.60 Å². The van der Waals surface area contributed by atoms with E-state index in [0.717, 1.165) is 4.88 Å². The maximum absolute atomic E-state index is 11.9. The van der Waals surface area contributed by atoms with Gasteiger partial charge in [-0.25, -0.2) is 0 Å². The van der Waals surface area contributed by atoms with Crippen LogP contribution in [0, 0.1) is 11.3 Å². The van der Waals surface area contributed by atoms with Gasteiger partial charge in [0, 0.05) is 4.88 Å². The predicted molar refractivity (Wildman–Crippen MR) is 75.3 cm³/mol. The van der Waals surface area contributed by atoms with Crippen LogP contribution in [0.4, 0.5) is 0 Å². The lowest BCUT2D eigenvalue weighted by Crippen LogP contribution is -2.38. The minimum atomic E-state index is -1.10. The van der Waals surface area contributed by atoms with Crippen molar-refractivity contribution in [3.63, 3.8) is 0 Å². The second-order valence-electron chi connectivity index (χ2n) is 4.21. The first kappa shape index (κ1) is 13.7. The smallest absolute Gasteiger partial charge is 0.262 e. The Balaban J connectivity index is 2.04. The lowest BCUT2D eigenvalue weighted by molar-refractivity contribution is 0.0558. The van der Waals surface area contributed by atoms with Crippen molar-refractivity contribution < 1.29 is 9.90 Å². The molecular weight excluding hydrogens is 280 g/mol. The number of carbonyl (C=O) groups is 1. The third kappa shape index (κ3) is 3.01. The fourth-order valence-electron chi connectivity index (χ4n) is 1.58. The summed E-state index contributed by atoms with van der Waals surface area (Å²) in [4.78, 5) is 13.1. The van der Waals surface area contributed by atoms with E-state index in [9.17, 15) is 9.90 Å². The summed E-state index contributed by atoms with van der Waals surface area (Å²) in [5.74, 6) is -0.330. The Morgan fingerprint density at radius 3 is 2.89 bits per heavy atom. The summed E-state index contributed by atoms with van der Waals surface area (Å²) < 4.78 is 0. The Morgan fingerprint density at radius 2 is 2.26 bits per heavy atom. The third-order valence-electron chi connectivity index (χ3n) is 2.64. The van der Waals surface area contributed by atoms with E-state index >= 15 is 0 Å². The largest absolute Gasteiger partial charge is 0.383 e. The van der Waals surface area contributed by atoms with Crippen LogP contribution in [0.15, 0.2) is 29.0 Å². The van der Waals surface area contributed by atoms with Gasteiger partial charge in [0.1, 0.15) is 16.5 Å². The summed E-state index contributed by atoms with van der Waals surface area (Å²) in [5, 5.41) is 25.4. The van der Waals surface area contributed by atoms with Crippen molar-refractivity contribution in [3.8, 4) is 6.07 Å². The number of nitrogens with zero attached hydrogens (tertiary/aromatic N) is 1. The van der Waals surface area contributed by atoms with E-state index in [4.69, 9.17) is 5.26 Å². The number of rotatable bonds is 4. The lowest BCUT2D eigenvalue weighted by atomic mass is 10.1. The van der Waals surface area contributed by atoms with Crippen LogP contribution in [0.25, 0.3) is 0 Å². The van der Waals surface area contributed by atoms with Gasteiger partial charge in [-0.3, -0.25) is 4.79 Å². The molecule has 0 saturated carbocycles. The van der Waals surface area contributed by atoms with E-state index in [-0.39, 0.29) is 12.5 Å². The van der Waals surface area contributed by atoms with Gasteiger partial charge in [0.25, 0.3) is 5.91 Å². The average Bonchev–Trinajstić information content (AvgIpc) is 3.06. The maximum atomic E-state index is 11.9. The van der Waals surface area contributed by atoms with Crippen LogP contribution in [-0.4, -0.2) is 17.6 Å². The topological polar surface area (TPSA) is 73.1 Å². The molecule has 1 atom stereocenters. The first-order valence-corrected chi connectivity index (χ1v) is 7.32. The number of hydrogen-bond acceptors (Lipinski definition) is 5. The Kier molecular flexibility index (Phi) is 4.00. The van der Waals surface area contributed by atoms with Gasteiger partial charge in [-0.1, -0.05) is 6.07 Å². The number of amides is 1. The molecule has 4 nitrogen and oxygen atoms in total. The van der Waals surface area contributed by atoms with Crippen LogP contribution < -0.4 is 5.32 Å². The standard InChI is InChI=1S/C13H12N2O2S2/c1-13(17,10-3-2-5-18-10)8-15-12(16)11-9(7-14)4-6-19-11/h2-6,17H,8H2,1H3,(H,15,16). The Morgan fingerprint density at radius 1 is 1.47 bits per heavy atom. The minimum absolute atomic E-state index is 0.106. The van der Waals surface area contributed by atoms with Crippen molar-refractivity contribution in [2.45, 2.75) is 12.5 Å². The second kappa shape index (κ2) is 5.53. The monoisotopic (exact) mass is 292 g/mol. The van der Waals surface area contributed by atoms with E-state index in [1.807, 2.05) is 23.6 Å². The quantitative estimate of drug-likeness (QED) is 0.908. The highest BCUT2D eigenvalue weighted by Gasteiger charge is 2.25. The summed E-state index contributed by atoms with van der Waals surface area (Å²) in [6, 6.07) is 7.25. The molecule has 0 aromatic carbocycles. The highest BCUT2D eigenvalue weighted by Crippen LogP contribution is 2.24. The summed E-state index contributed by atoms with van der Waals surface area (Å²) in [5.41, 5.74) is -0.744. The van der Waals surface area contributed by atoms with E-state index in [1.165, 1.54) is 22.7 Å². The third-order valence-corrected chi connectivity index (χ3v) is 4.67. The number of carbonyl (C=O) groups excluding carboxylic acids is 1. The molecular formula is C13H12N2O2S2. The fourth-order valence-corrected chi connectivity index (χ4v) is 3.12. The van der Waals surface area contributed by atoms with E-state index in [1.54, 1.807) is 18.4 Å². The average molecular weight is 292 g/mol.